The Bertz CT molecular complexity index is 1520. The van der Waals surface area contributed by atoms with Crippen LogP contribution in [0.5, 0.6) is 0 Å². The quantitative estimate of drug-likeness (QED) is 0.235. The minimum atomic E-state index is -4.59. The lowest BCUT2D eigenvalue weighted by molar-refractivity contribution is -0.144. The van der Waals surface area contributed by atoms with E-state index >= 15 is 0 Å². The van der Waals surface area contributed by atoms with Crippen LogP contribution in [0.25, 0.3) is 0 Å². The van der Waals surface area contributed by atoms with Gasteiger partial charge >= 0.3 is 12.1 Å². The number of aromatic nitrogens is 4. The van der Waals surface area contributed by atoms with Gasteiger partial charge in [0.05, 0.1) is 25.3 Å². The molecule has 14 heteroatoms. The lowest BCUT2D eigenvalue weighted by atomic mass is 9.79. The van der Waals surface area contributed by atoms with Crippen molar-refractivity contribution in [2.24, 2.45) is 18.9 Å². The average molecular weight is 668 g/mol. The lowest BCUT2D eigenvalue weighted by Crippen LogP contribution is -2.49. The number of esters is 1. The van der Waals surface area contributed by atoms with Crippen LogP contribution in [0.15, 0.2) is 36.4 Å². The van der Waals surface area contributed by atoms with Crippen LogP contribution in [0.3, 0.4) is 0 Å². The molecule has 1 aromatic heterocycles. The third-order valence-corrected chi connectivity index (χ3v) is 9.02. The molecule has 0 N–H and O–H groups in total. The Labute approximate surface area is 269 Å². The molecule has 2 aromatic carbocycles. The molecule has 242 valence electrons. The predicted molar refractivity (Wildman–Crippen MR) is 164 cm³/mol. The number of ether oxygens (including phenoxy) is 1. The Morgan fingerprint density at radius 1 is 1.07 bits per heavy atom. The second kappa shape index (κ2) is 13.5. The molecule has 45 heavy (non-hydrogen) atoms. The van der Waals surface area contributed by atoms with Gasteiger partial charge in [-0.3, -0.25) is 9.59 Å². The maximum atomic E-state index is 14.1. The van der Waals surface area contributed by atoms with E-state index in [4.69, 9.17) is 27.9 Å². The Balaban J connectivity index is 1.49. The monoisotopic (exact) mass is 666 g/mol. The minimum Gasteiger partial charge on any atom is -0.466 e. The average Bonchev–Trinajstić information content (AvgIpc) is 3.40. The molecule has 1 aliphatic carbocycles. The fraction of sp³-hybridized carbons (Fsp3) is 0.516. The second-order valence-electron chi connectivity index (χ2n) is 11.8. The van der Waals surface area contributed by atoms with Gasteiger partial charge in [-0.2, -0.15) is 18.0 Å². The molecule has 9 nitrogen and oxygen atoms in total. The van der Waals surface area contributed by atoms with Crippen LogP contribution < -0.4 is 9.80 Å². The van der Waals surface area contributed by atoms with E-state index in [0.717, 1.165) is 12.1 Å². The third kappa shape index (κ3) is 7.54. The highest BCUT2D eigenvalue weighted by molar-refractivity contribution is 6.34. The van der Waals surface area contributed by atoms with E-state index in [2.05, 4.69) is 15.4 Å². The first-order valence-corrected chi connectivity index (χ1v) is 15.7. The first-order valence-electron chi connectivity index (χ1n) is 15.0. The summed E-state index contributed by atoms with van der Waals surface area (Å²) in [6, 6.07) is 7.59. The topological polar surface area (TPSA) is 93.5 Å². The van der Waals surface area contributed by atoms with E-state index in [9.17, 15) is 22.8 Å². The standard InChI is InChI=1S/C31H35Cl2F3N6O3/c1-4-45-28(43)14-19-5-7-21(8-6-19)29(44)42-18(2)11-27(25-15-22(31(34,35)36)9-10-26(25)42)41(30-37-39-40(3)38-30)17-20-12-23(32)16-24(33)13-20/h9-10,12-13,15-16,18-19,21,27H,4-8,11,14,17H2,1-3H3/t18-,19?,21?,27+/m1/s1. The van der Waals surface area contributed by atoms with Gasteiger partial charge in [0.15, 0.2) is 0 Å². The summed E-state index contributed by atoms with van der Waals surface area (Å²) in [5.41, 5.74) is 0.654. The fourth-order valence-corrected chi connectivity index (χ4v) is 7.09. The number of halogens is 5. The fourth-order valence-electron chi connectivity index (χ4n) is 6.52. The van der Waals surface area contributed by atoms with Gasteiger partial charge in [-0.15, -0.1) is 5.10 Å². The summed E-state index contributed by atoms with van der Waals surface area (Å²) in [4.78, 5) is 30.8. The Morgan fingerprint density at radius 3 is 2.36 bits per heavy atom. The highest BCUT2D eigenvalue weighted by Crippen LogP contribution is 2.46. The molecular formula is C31H35Cl2F3N6O3. The number of benzene rings is 2. The van der Waals surface area contributed by atoms with E-state index in [1.165, 1.54) is 10.9 Å². The molecule has 2 heterocycles. The molecule has 0 radical (unpaired) electrons. The number of amides is 1. The molecule has 0 spiro atoms. The number of alkyl halides is 3. The maximum Gasteiger partial charge on any atom is 0.416 e. The van der Waals surface area contributed by atoms with E-state index in [1.54, 1.807) is 42.0 Å². The molecule has 1 fully saturated rings. The summed E-state index contributed by atoms with van der Waals surface area (Å²) < 4.78 is 47.2. The summed E-state index contributed by atoms with van der Waals surface area (Å²) in [6.07, 6.45) is -1.37. The number of rotatable bonds is 8. The van der Waals surface area contributed by atoms with Gasteiger partial charge in [-0.25, -0.2) is 0 Å². The van der Waals surface area contributed by atoms with Crippen molar-refractivity contribution in [2.45, 2.75) is 77.2 Å². The van der Waals surface area contributed by atoms with Crippen LogP contribution in [0.1, 0.15) is 75.1 Å². The highest BCUT2D eigenvalue weighted by Gasteiger charge is 2.42. The van der Waals surface area contributed by atoms with Gasteiger partial charge in [-0.05, 0) is 105 Å². The third-order valence-electron chi connectivity index (χ3n) is 8.58. The molecule has 0 bridgehead atoms. The van der Waals surface area contributed by atoms with E-state index in [0.29, 0.717) is 72.0 Å². The second-order valence-corrected chi connectivity index (χ2v) is 12.7. The van der Waals surface area contributed by atoms with Gasteiger partial charge in [0.1, 0.15) is 0 Å². The van der Waals surface area contributed by atoms with Gasteiger partial charge < -0.3 is 14.5 Å². The van der Waals surface area contributed by atoms with E-state index < -0.39 is 17.8 Å². The molecule has 0 unspecified atom stereocenters. The summed E-state index contributed by atoms with van der Waals surface area (Å²) in [7, 11) is 1.60. The maximum absolute atomic E-state index is 14.1. The summed E-state index contributed by atoms with van der Waals surface area (Å²) in [6.45, 7) is 4.17. The van der Waals surface area contributed by atoms with Crippen LogP contribution in [0, 0.1) is 11.8 Å². The van der Waals surface area contributed by atoms with Gasteiger partial charge in [0.25, 0.3) is 5.95 Å². The molecule has 3 aromatic rings. The van der Waals surface area contributed by atoms with E-state index in [1.807, 2.05) is 6.92 Å². The Hall–Kier alpha value is -3.38. The Morgan fingerprint density at radius 2 is 1.76 bits per heavy atom. The molecule has 1 aliphatic heterocycles. The number of aryl methyl sites for hydroxylation is 1. The molecule has 2 atom stereocenters. The summed E-state index contributed by atoms with van der Waals surface area (Å²) in [5, 5.41) is 13.4. The van der Waals surface area contributed by atoms with Crippen LogP contribution in [0.2, 0.25) is 10.0 Å². The first kappa shape index (κ1) is 33.0. The van der Waals surface area contributed by atoms with Crippen molar-refractivity contribution in [3.8, 4) is 0 Å². The highest BCUT2D eigenvalue weighted by atomic mass is 35.5. The van der Waals surface area contributed by atoms with Crippen molar-refractivity contribution < 1.29 is 27.5 Å². The molecule has 1 amide bonds. The Kier molecular flexibility index (Phi) is 9.93. The molecule has 5 rings (SSSR count). The van der Waals surface area contributed by atoms with Crippen molar-refractivity contribution in [2.75, 3.05) is 16.4 Å². The van der Waals surface area contributed by atoms with Crippen molar-refractivity contribution in [3.63, 3.8) is 0 Å². The van der Waals surface area contributed by atoms with Gasteiger partial charge in [-0.1, -0.05) is 28.3 Å². The minimum absolute atomic E-state index is 0.123. The largest absolute Gasteiger partial charge is 0.466 e. The number of fused-ring (bicyclic) bond motifs is 1. The number of carbonyl (C=O) groups is 2. The zero-order valence-electron chi connectivity index (χ0n) is 25.2. The summed E-state index contributed by atoms with van der Waals surface area (Å²) >= 11 is 12.6. The smallest absolute Gasteiger partial charge is 0.416 e. The van der Waals surface area contributed by atoms with Crippen LogP contribution >= 0.6 is 23.2 Å². The molecule has 0 saturated heterocycles. The summed E-state index contributed by atoms with van der Waals surface area (Å²) in [5.74, 6) is -0.300. The number of tetrazole rings is 1. The predicted octanol–water partition coefficient (Wildman–Crippen LogP) is 7.17. The lowest BCUT2D eigenvalue weighted by Gasteiger charge is -2.45. The van der Waals surface area contributed by atoms with Crippen molar-refractivity contribution in [3.05, 3.63) is 63.1 Å². The SMILES string of the molecule is CCOC(=O)CC1CCC(C(=O)N2c3ccc(C(F)(F)F)cc3[C@@H](N(Cc3cc(Cl)cc(Cl)c3)c3nnn(C)n3)C[C@H]2C)CC1. The zero-order chi connectivity index (χ0) is 32.5. The van der Waals surface area contributed by atoms with Crippen LogP contribution in [-0.4, -0.2) is 44.7 Å². The molecule has 1 saturated carbocycles. The van der Waals surface area contributed by atoms with Crippen LogP contribution in [0.4, 0.5) is 24.8 Å². The number of hydrogen-bond acceptors (Lipinski definition) is 7. The molecule has 2 aliphatic rings. The van der Waals surface area contributed by atoms with E-state index in [-0.39, 0.29) is 42.2 Å². The van der Waals surface area contributed by atoms with Crippen molar-refractivity contribution in [1.82, 2.24) is 20.2 Å². The van der Waals surface area contributed by atoms with Crippen molar-refractivity contribution >= 4 is 46.7 Å². The number of anilines is 2. The molecular weight excluding hydrogens is 632 g/mol. The number of nitrogens with zero attached hydrogens (tertiary/aromatic N) is 6. The number of carbonyl (C=O) groups excluding carboxylic acids is 2. The first-order chi connectivity index (χ1) is 21.3. The van der Waals surface area contributed by atoms with Crippen LogP contribution in [-0.2, 0) is 34.1 Å². The number of hydrogen-bond donors (Lipinski definition) is 0. The van der Waals surface area contributed by atoms with Gasteiger partial charge in [0.2, 0.25) is 5.91 Å². The van der Waals surface area contributed by atoms with Crippen molar-refractivity contribution in [1.29, 1.82) is 0 Å². The zero-order valence-corrected chi connectivity index (χ0v) is 26.7. The normalized spacial score (nSPS) is 21.7. The van der Waals surface area contributed by atoms with Gasteiger partial charge in [0, 0.05) is 40.7 Å².